The van der Waals surface area contributed by atoms with Crippen LogP contribution in [0.25, 0.3) is 0 Å². The van der Waals surface area contributed by atoms with Crippen molar-refractivity contribution in [3.8, 4) is 0 Å². The van der Waals surface area contributed by atoms with Crippen molar-refractivity contribution < 1.29 is 9.90 Å². The highest BCUT2D eigenvalue weighted by atomic mass is 16.4. The zero-order valence-electron chi connectivity index (χ0n) is 10.5. The highest BCUT2D eigenvalue weighted by Crippen LogP contribution is 2.05. The van der Waals surface area contributed by atoms with Gasteiger partial charge in [0.25, 0.3) is 0 Å². The third-order valence-corrected chi connectivity index (χ3v) is 2.64. The van der Waals surface area contributed by atoms with Gasteiger partial charge in [0, 0.05) is 0 Å². The van der Waals surface area contributed by atoms with Crippen molar-refractivity contribution >= 4 is 5.97 Å². The average molecular weight is 235 g/mol. The Labute approximate surface area is 103 Å². The van der Waals surface area contributed by atoms with Crippen LogP contribution >= 0.6 is 0 Å². The van der Waals surface area contributed by atoms with Crippen LogP contribution in [-0.2, 0) is 11.2 Å². The van der Waals surface area contributed by atoms with Gasteiger partial charge in [0.1, 0.15) is 6.04 Å². The number of carbonyl (C=O) groups is 1. The number of hydrogen-bond donors (Lipinski definition) is 2. The Balaban J connectivity index is 2.42. The van der Waals surface area contributed by atoms with Gasteiger partial charge in [-0.05, 0) is 30.9 Å². The van der Waals surface area contributed by atoms with Crippen molar-refractivity contribution in [2.24, 2.45) is 5.92 Å². The second kappa shape index (κ2) is 7.07. The number of nitrogens with one attached hydrogen (secondary N) is 1. The highest BCUT2D eigenvalue weighted by Gasteiger charge is 2.16. The summed E-state index contributed by atoms with van der Waals surface area (Å²) in [4.78, 5) is 11.1. The molecular weight excluding hydrogens is 214 g/mol. The van der Waals surface area contributed by atoms with Crippen LogP contribution in [0.2, 0.25) is 0 Å². The Hall–Kier alpha value is -1.35. The van der Waals surface area contributed by atoms with Gasteiger partial charge in [0.05, 0.1) is 0 Å². The molecule has 3 nitrogen and oxygen atoms in total. The smallest absolute Gasteiger partial charge is 0.320 e. The fraction of sp³-hybridized carbons (Fsp3) is 0.500. The highest BCUT2D eigenvalue weighted by molar-refractivity contribution is 5.73. The molecule has 0 fully saturated rings. The van der Waals surface area contributed by atoms with Crippen LogP contribution < -0.4 is 5.32 Å². The molecule has 0 saturated heterocycles. The lowest BCUT2D eigenvalue weighted by atomic mass is 10.0. The molecule has 0 bridgehead atoms. The molecule has 0 heterocycles. The molecule has 1 aromatic carbocycles. The standard InChI is InChI=1S/C14H21NO2/c1-11(2)10-15-13(14(16)17)9-8-12-6-4-3-5-7-12/h3-7,11,13,15H,8-10H2,1-2H3,(H,16,17). The van der Waals surface area contributed by atoms with Crippen molar-refractivity contribution in [2.75, 3.05) is 6.54 Å². The average Bonchev–Trinajstić information content (AvgIpc) is 2.29. The largest absolute Gasteiger partial charge is 0.480 e. The molecule has 0 aliphatic carbocycles. The summed E-state index contributed by atoms with van der Waals surface area (Å²) in [6, 6.07) is 9.54. The Morgan fingerprint density at radius 1 is 1.29 bits per heavy atom. The maximum Gasteiger partial charge on any atom is 0.320 e. The van der Waals surface area contributed by atoms with Crippen LogP contribution in [0, 0.1) is 5.92 Å². The molecule has 0 amide bonds. The summed E-state index contributed by atoms with van der Waals surface area (Å²) in [5, 5.41) is 12.2. The van der Waals surface area contributed by atoms with Gasteiger partial charge in [-0.3, -0.25) is 4.79 Å². The molecule has 2 N–H and O–H groups in total. The van der Waals surface area contributed by atoms with Gasteiger partial charge in [-0.15, -0.1) is 0 Å². The van der Waals surface area contributed by atoms with Crippen molar-refractivity contribution in [3.63, 3.8) is 0 Å². The molecule has 94 valence electrons. The molecule has 1 unspecified atom stereocenters. The van der Waals surface area contributed by atoms with Crippen LogP contribution in [0.5, 0.6) is 0 Å². The predicted octanol–water partition coefficient (Wildman–Crippen LogP) is 2.32. The van der Waals surface area contributed by atoms with Crippen LogP contribution in [0.4, 0.5) is 0 Å². The third kappa shape index (κ3) is 5.50. The summed E-state index contributed by atoms with van der Waals surface area (Å²) < 4.78 is 0. The zero-order chi connectivity index (χ0) is 12.7. The fourth-order valence-corrected chi connectivity index (χ4v) is 1.65. The number of hydrogen-bond acceptors (Lipinski definition) is 2. The van der Waals surface area contributed by atoms with Gasteiger partial charge in [-0.1, -0.05) is 44.2 Å². The summed E-state index contributed by atoms with van der Waals surface area (Å²) in [6.07, 6.45) is 1.43. The quantitative estimate of drug-likeness (QED) is 0.762. The van der Waals surface area contributed by atoms with Crippen molar-refractivity contribution in [1.82, 2.24) is 5.32 Å². The number of carboxylic acid groups (broad SMARTS) is 1. The molecule has 0 aliphatic heterocycles. The number of benzene rings is 1. The lowest BCUT2D eigenvalue weighted by molar-refractivity contribution is -0.139. The SMILES string of the molecule is CC(C)CNC(CCc1ccccc1)C(=O)O. The lowest BCUT2D eigenvalue weighted by Crippen LogP contribution is -2.39. The van der Waals surface area contributed by atoms with E-state index in [0.29, 0.717) is 12.3 Å². The summed E-state index contributed by atoms with van der Waals surface area (Å²) in [6.45, 7) is 4.89. The molecular formula is C14H21NO2. The van der Waals surface area contributed by atoms with Gasteiger partial charge < -0.3 is 10.4 Å². The molecule has 0 saturated carbocycles. The first-order valence-electron chi connectivity index (χ1n) is 6.09. The topological polar surface area (TPSA) is 49.3 Å². The van der Waals surface area contributed by atoms with E-state index >= 15 is 0 Å². The molecule has 17 heavy (non-hydrogen) atoms. The Morgan fingerprint density at radius 3 is 2.47 bits per heavy atom. The number of aryl methyl sites for hydroxylation is 1. The minimum Gasteiger partial charge on any atom is -0.480 e. The van der Waals surface area contributed by atoms with Crippen LogP contribution in [-0.4, -0.2) is 23.7 Å². The van der Waals surface area contributed by atoms with E-state index in [1.54, 1.807) is 0 Å². The summed E-state index contributed by atoms with van der Waals surface area (Å²) >= 11 is 0. The van der Waals surface area contributed by atoms with Gasteiger partial charge in [0.15, 0.2) is 0 Å². The van der Waals surface area contributed by atoms with Gasteiger partial charge in [-0.2, -0.15) is 0 Å². The molecule has 0 aromatic heterocycles. The summed E-state index contributed by atoms with van der Waals surface area (Å²) in [5.41, 5.74) is 1.19. The van der Waals surface area contributed by atoms with Crippen LogP contribution in [0.15, 0.2) is 30.3 Å². The van der Waals surface area contributed by atoms with E-state index in [0.717, 1.165) is 13.0 Å². The maximum absolute atomic E-state index is 11.1. The summed E-state index contributed by atoms with van der Waals surface area (Å²) in [7, 11) is 0. The van der Waals surface area contributed by atoms with Gasteiger partial charge in [-0.25, -0.2) is 0 Å². The predicted molar refractivity (Wildman–Crippen MR) is 69.0 cm³/mol. The van der Waals surface area contributed by atoms with E-state index in [2.05, 4.69) is 19.2 Å². The first-order valence-corrected chi connectivity index (χ1v) is 6.09. The molecule has 3 heteroatoms. The zero-order valence-corrected chi connectivity index (χ0v) is 10.5. The van der Waals surface area contributed by atoms with E-state index in [-0.39, 0.29) is 0 Å². The fourth-order valence-electron chi connectivity index (χ4n) is 1.65. The molecule has 1 aromatic rings. The van der Waals surface area contributed by atoms with E-state index < -0.39 is 12.0 Å². The minimum atomic E-state index is -0.762. The molecule has 1 rings (SSSR count). The lowest BCUT2D eigenvalue weighted by Gasteiger charge is -2.15. The molecule has 1 atom stereocenters. The number of aliphatic carboxylic acids is 1. The Bertz CT molecular complexity index is 335. The van der Waals surface area contributed by atoms with Gasteiger partial charge in [0.2, 0.25) is 0 Å². The van der Waals surface area contributed by atoms with Crippen LogP contribution in [0.3, 0.4) is 0 Å². The van der Waals surface area contributed by atoms with Crippen molar-refractivity contribution in [3.05, 3.63) is 35.9 Å². The Morgan fingerprint density at radius 2 is 1.94 bits per heavy atom. The van der Waals surface area contributed by atoms with Crippen molar-refractivity contribution in [1.29, 1.82) is 0 Å². The van der Waals surface area contributed by atoms with E-state index in [1.807, 2.05) is 30.3 Å². The Kier molecular flexibility index (Phi) is 5.70. The van der Waals surface area contributed by atoms with Gasteiger partial charge >= 0.3 is 5.97 Å². The maximum atomic E-state index is 11.1. The third-order valence-electron chi connectivity index (χ3n) is 2.64. The first kappa shape index (κ1) is 13.7. The van der Waals surface area contributed by atoms with E-state index in [4.69, 9.17) is 5.11 Å². The first-order chi connectivity index (χ1) is 8.09. The molecule has 0 radical (unpaired) electrons. The van der Waals surface area contributed by atoms with Crippen molar-refractivity contribution in [2.45, 2.75) is 32.7 Å². The van der Waals surface area contributed by atoms with E-state index in [9.17, 15) is 4.79 Å². The number of rotatable bonds is 7. The second-order valence-corrected chi connectivity index (χ2v) is 4.72. The van der Waals surface area contributed by atoms with E-state index in [1.165, 1.54) is 5.56 Å². The summed E-state index contributed by atoms with van der Waals surface area (Å²) in [5.74, 6) is -0.296. The molecule has 0 spiro atoms. The minimum absolute atomic E-state index is 0.447. The number of carboxylic acids is 1. The monoisotopic (exact) mass is 235 g/mol. The van der Waals surface area contributed by atoms with Crippen LogP contribution in [0.1, 0.15) is 25.8 Å². The normalized spacial score (nSPS) is 12.6. The molecule has 0 aliphatic rings. The second-order valence-electron chi connectivity index (χ2n) is 4.72.